The largest absolute Gasteiger partial charge is 0.491 e. The summed E-state index contributed by atoms with van der Waals surface area (Å²) in [7, 11) is -4.02. The molecule has 1 saturated heterocycles. The third-order valence-corrected chi connectivity index (χ3v) is 15.5. The Morgan fingerprint density at radius 2 is 1.70 bits per heavy atom. The van der Waals surface area contributed by atoms with E-state index in [-0.39, 0.29) is 43.1 Å². The van der Waals surface area contributed by atoms with Crippen molar-refractivity contribution >= 4 is 55.9 Å². The van der Waals surface area contributed by atoms with Crippen LogP contribution in [0.3, 0.4) is 0 Å². The Morgan fingerprint density at radius 3 is 2.45 bits per heavy atom. The number of rotatable bonds is 10. The molecule has 2 aliphatic heterocycles. The van der Waals surface area contributed by atoms with Crippen molar-refractivity contribution in [2.24, 2.45) is 5.92 Å². The molecule has 5 atom stereocenters. The van der Waals surface area contributed by atoms with Gasteiger partial charge in [-0.3, -0.25) is 19.1 Å². The maximum absolute atomic E-state index is 14.8. The summed E-state index contributed by atoms with van der Waals surface area (Å²) in [6.07, 6.45) is 9.65. The average Bonchev–Trinajstić information content (AvgIpc) is 3.92. The number of fused-ring (bicyclic) bond motifs is 5. The zero-order chi connectivity index (χ0) is 44.8. The Hall–Kier alpha value is -5.71. The van der Waals surface area contributed by atoms with Gasteiger partial charge in [0.2, 0.25) is 27.4 Å². The third-order valence-electron chi connectivity index (χ3n) is 13.3. The van der Waals surface area contributed by atoms with E-state index in [2.05, 4.69) is 15.4 Å². The quantitative estimate of drug-likeness (QED) is 0.144. The van der Waals surface area contributed by atoms with Gasteiger partial charge in [0, 0.05) is 23.3 Å². The van der Waals surface area contributed by atoms with Crippen molar-refractivity contribution < 1.29 is 46.2 Å². The molecule has 5 unspecified atom stereocenters. The predicted molar refractivity (Wildman–Crippen MR) is 237 cm³/mol. The van der Waals surface area contributed by atoms with E-state index in [0.29, 0.717) is 60.3 Å². The van der Waals surface area contributed by atoms with Crippen molar-refractivity contribution in [3.05, 3.63) is 60.7 Å². The van der Waals surface area contributed by atoms with Gasteiger partial charge in [-0.2, -0.15) is 4.98 Å². The highest BCUT2D eigenvalue weighted by Gasteiger charge is 2.63. The lowest BCUT2D eigenvalue weighted by molar-refractivity contribution is -0.141. The Kier molecular flexibility index (Phi) is 11.8. The van der Waals surface area contributed by atoms with Gasteiger partial charge in [-0.25, -0.2) is 18.2 Å². The molecule has 3 N–H and O–H groups in total. The molecule has 0 bridgehead atoms. The van der Waals surface area contributed by atoms with Gasteiger partial charge in [-0.15, -0.1) is 0 Å². The van der Waals surface area contributed by atoms with Crippen LogP contribution in [0.25, 0.3) is 33.5 Å². The van der Waals surface area contributed by atoms with Gasteiger partial charge in [0.15, 0.2) is 5.82 Å². The molecule has 64 heavy (non-hydrogen) atoms. The van der Waals surface area contributed by atoms with Crippen molar-refractivity contribution in [1.82, 2.24) is 30.2 Å². The normalized spacial score (nSPS) is 26.1. The first-order valence-electron chi connectivity index (χ1n) is 22.7. The fraction of sp³-hybridized carbons (Fsp3) is 0.532. The van der Waals surface area contributed by atoms with Crippen LogP contribution in [0.5, 0.6) is 11.6 Å². The molecular weight excluding hydrogens is 841 g/mol. The second kappa shape index (κ2) is 17.3. The molecule has 4 aromatic rings. The number of hydrogen-bond donors (Lipinski definition) is 3. The zero-order valence-corrected chi connectivity index (χ0v) is 37.3. The maximum Gasteiger partial charge on any atom is 0.408 e. The first-order chi connectivity index (χ1) is 30.7. The van der Waals surface area contributed by atoms with E-state index in [9.17, 15) is 27.6 Å². The minimum absolute atomic E-state index is 0.0144. The van der Waals surface area contributed by atoms with Gasteiger partial charge in [0.05, 0.1) is 17.4 Å². The highest BCUT2D eigenvalue weighted by Crippen LogP contribution is 2.48. The lowest BCUT2D eigenvalue weighted by Crippen LogP contribution is -2.58. The van der Waals surface area contributed by atoms with Gasteiger partial charge >= 0.3 is 6.09 Å². The number of alkyl carbamates (subject to hydrolysis) is 1. The van der Waals surface area contributed by atoms with Crippen LogP contribution in [0, 0.1) is 5.92 Å². The van der Waals surface area contributed by atoms with Crippen LogP contribution in [0.4, 0.5) is 4.79 Å². The number of sulfonamides is 1. The number of carbonyl (C=O) groups is 4. The first-order valence-corrected chi connectivity index (χ1v) is 24.2. The summed E-state index contributed by atoms with van der Waals surface area (Å²) in [4.78, 5) is 68.1. The molecule has 4 heterocycles. The highest BCUT2D eigenvalue weighted by molar-refractivity contribution is 7.91. The number of para-hydroxylation sites is 1. The summed E-state index contributed by atoms with van der Waals surface area (Å²) >= 11 is 0. The minimum Gasteiger partial charge on any atom is -0.491 e. The zero-order valence-electron chi connectivity index (χ0n) is 36.5. The van der Waals surface area contributed by atoms with E-state index in [1.165, 1.54) is 4.90 Å². The molecule has 9 rings (SSSR count). The number of allylic oxidation sites excluding steroid dienone is 1. The molecule has 340 valence electrons. The molecule has 3 saturated carbocycles. The Labute approximate surface area is 372 Å². The highest BCUT2D eigenvalue weighted by atomic mass is 32.2. The molecule has 4 amide bonds. The second-order valence-corrected chi connectivity index (χ2v) is 20.7. The molecule has 3 aliphatic carbocycles. The molecule has 5 aliphatic rings. The van der Waals surface area contributed by atoms with Gasteiger partial charge < -0.3 is 34.2 Å². The number of carbonyl (C=O) groups excluding carboxylic acids is 4. The van der Waals surface area contributed by atoms with E-state index < -0.39 is 68.2 Å². The van der Waals surface area contributed by atoms with Gasteiger partial charge in [-0.1, -0.05) is 37.1 Å². The Bertz CT molecular complexity index is 2580. The SMILES string of the molecule is CC(C)Oc1ccc(-c2nc(OC3CC4C(=O)NC5(C(=O)NS(=O)(=O)C6(C)CC6)CC5C=CCCCCCC(NC(=O)OC5CCCC5)C(=O)N4C3)c3oc4ccccc4c3n2)cc1. The lowest BCUT2D eigenvalue weighted by Gasteiger charge is -2.30. The van der Waals surface area contributed by atoms with Crippen LogP contribution < -0.4 is 24.8 Å². The average molecular weight is 897 g/mol. The lowest BCUT2D eigenvalue weighted by atomic mass is 10.0. The monoisotopic (exact) mass is 896 g/mol. The van der Waals surface area contributed by atoms with Crippen LogP contribution in [-0.2, 0) is 29.1 Å². The van der Waals surface area contributed by atoms with Crippen LogP contribution in [0.15, 0.2) is 65.1 Å². The number of amides is 4. The number of hydrogen-bond acceptors (Lipinski definition) is 12. The van der Waals surface area contributed by atoms with Gasteiger partial charge in [0.25, 0.3) is 11.8 Å². The molecule has 2 aromatic carbocycles. The number of nitrogens with one attached hydrogen (secondary N) is 3. The molecular formula is C47H56N6O10S. The number of nitrogens with zero attached hydrogens (tertiary/aromatic N) is 3. The smallest absolute Gasteiger partial charge is 0.408 e. The molecule has 16 nitrogen and oxygen atoms in total. The number of benzene rings is 2. The molecule has 0 spiro atoms. The van der Waals surface area contributed by atoms with E-state index >= 15 is 0 Å². The summed E-state index contributed by atoms with van der Waals surface area (Å²) in [5.41, 5.74) is 0.499. The minimum atomic E-state index is -4.02. The van der Waals surface area contributed by atoms with E-state index in [0.717, 1.165) is 43.9 Å². The standard InChI is InChI=1S/C47H56N6O10S/c1-28(2)60-32-21-19-29(20-22-32)40-49-38-34-16-11-12-18-37(34)63-39(38)42(50-40)61-33-25-36-41(54)51-47(44(56)52-64(58,59)46(3)23-24-46)26-30(47)13-7-5-4-6-8-17-35(43(55)53(36)27-33)48-45(57)62-31-14-9-10-15-31/h7,11-13,16,18-22,28,30-31,33,35-36H,4-6,8-10,14-15,17,23-27H2,1-3H3,(H,48,57)(H,51,54)(H,52,56). The second-order valence-electron chi connectivity index (χ2n) is 18.5. The molecule has 17 heteroatoms. The van der Waals surface area contributed by atoms with E-state index in [4.69, 9.17) is 28.6 Å². The summed E-state index contributed by atoms with van der Waals surface area (Å²) in [6, 6.07) is 12.6. The van der Waals surface area contributed by atoms with Crippen molar-refractivity contribution in [3.8, 4) is 23.0 Å². The van der Waals surface area contributed by atoms with E-state index in [1.807, 2.05) is 74.5 Å². The van der Waals surface area contributed by atoms with Gasteiger partial charge in [0.1, 0.15) is 46.7 Å². The fourth-order valence-electron chi connectivity index (χ4n) is 9.17. The summed E-state index contributed by atoms with van der Waals surface area (Å²) in [5.74, 6) is -1.28. The molecule has 0 radical (unpaired) electrons. The maximum atomic E-state index is 14.8. The predicted octanol–water partition coefficient (Wildman–Crippen LogP) is 6.61. The number of ether oxygens (including phenoxy) is 3. The van der Waals surface area contributed by atoms with Crippen molar-refractivity contribution in [1.29, 1.82) is 0 Å². The van der Waals surface area contributed by atoms with Gasteiger partial charge in [-0.05, 0) is 121 Å². The van der Waals surface area contributed by atoms with Crippen LogP contribution >= 0.6 is 0 Å². The van der Waals surface area contributed by atoms with E-state index in [1.54, 1.807) is 6.92 Å². The summed E-state index contributed by atoms with van der Waals surface area (Å²) in [6.45, 7) is 5.41. The summed E-state index contributed by atoms with van der Waals surface area (Å²) in [5, 5.41) is 6.50. The molecule has 4 fully saturated rings. The van der Waals surface area contributed by atoms with Crippen LogP contribution in [0.2, 0.25) is 0 Å². The number of furan rings is 1. The van der Waals surface area contributed by atoms with Crippen molar-refractivity contribution in [2.75, 3.05) is 6.54 Å². The van der Waals surface area contributed by atoms with Crippen molar-refractivity contribution in [2.45, 2.75) is 145 Å². The fourth-order valence-corrected chi connectivity index (χ4v) is 10.5. The Morgan fingerprint density at radius 1 is 0.953 bits per heavy atom. The van der Waals surface area contributed by atoms with Crippen molar-refractivity contribution in [3.63, 3.8) is 0 Å². The first kappa shape index (κ1) is 43.5. The summed E-state index contributed by atoms with van der Waals surface area (Å²) < 4.78 is 52.4. The molecule has 2 aromatic heterocycles. The van der Waals surface area contributed by atoms with Crippen LogP contribution in [-0.4, -0.2) is 94.3 Å². The van der Waals surface area contributed by atoms with Crippen LogP contribution in [0.1, 0.15) is 104 Å². The Balaban J connectivity index is 1.05. The topological polar surface area (TPSA) is 208 Å². The number of aromatic nitrogens is 2. The third kappa shape index (κ3) is 8.87.